The molecule has 1 aromatic rings. The quantitative estimate of drug-likeness (QED) is 0.529. The zero-order valence-electron chi connectivity index (χ0n) is 15.6. The van der Waals surface area contributed by atoms with Gasteiger partial charge >= 0.3 is 6.61 Å². The monoisotopic (exact) mass is 436 g/mol. The Morgan fingerprint density at radius 1 is 1.39 bits per heavy atom. The van der Waals surface area contributed by atoms with E-state index in [1.54, 1.807) is 7.05 Å². The van der Waals surface area contributed by atoms with Crippen molar-refractivity contribution in [3.05, 3.63) is 27.7 Å². The zero-order chi connectivity index (χ0) is 20.1. The van der Waals surface area contributed by atoms with Crippen LogP contribution in [0, 0.1) is 0 Å². The fraction of sp³-hybridized carbons (Fsp3) is 0.611. The van der Waals surface area contributed by atoms with Gasteiger partial charge in [0.15, 0.2) is 5.96 Å². The SMILES string of the molecule is CN=C(NCc1cc(Cl)cc(Cl)c1OC(F)F)NCC1CN2CCCC2CO1. The van der Waals surface area contributed by atoms with Crippen molar-refractivity contribution in [1.29, 1.82) is 0 Å². The summed E-state index contributed by atoms with van der Waals surface area (Å²) < 4.78 is 35.8. The van der Waals surface area contributed by atoms with E-state index < -0.39 is 6.61 Å². The van der Waals surface area contributed by atoms with E-state index in [1.165, 1.54) is 25.0 Å². The van der Waals surface area contributed by atoms with Crippen LogP contribution < -0.4 is 15.4 Å². The maximum absolute atomic E-state index is 12.7. The molecule has 3 rings (SSSR count). The number of guanidine groups is 1. The summed E-state index contributed by atoms with van der Waals surface area (Å²) in [6, 6.07) is 3.45. The third kappa shape index (κ3) is 5.59. The number of alkyl halides is 2. The van der Waals surface area contributed by atoms with Crippen molar-refractivity contribution in [2.24, 2.45) is 4.99 Å². The molecule has 2 unspecified atom stereocenters. The molecule has 0 spiro atoms. The number of hydrogen-bond donors (Lipinski definition) is 2. The van der Waals surface area contributed by atoms with Gasteiger partial charge in [-0.3, -0.25) is 9.89 Å². The van der Waals surface area contributed by atoms with E-state index in [9.17, 15) is 8.78 Å². The number of nitrogens with one attached hydrogen (secondary N) is 2. The Balaban J connectivity index is 1.54. The molecule has 0 bridgehead atoms. The molecule has 0 saturated carbocycles. The Kier molecular flexibility index (Phi) is 7.56. The first-order chi connectivity index (χ1) is 13.5. The highest BCUT2D eigenvalue weighted by Crippen LogP contribution is 2.33. The summed E-state index contributed by atoms with van der Waals surface area (Å²) in [7, 11) is 1.63. The number of halogens is 4. The van der Waals surface area contributed by atoms with Crippen LogP contribution in [-0.2, 0) is 11.3 Å². The van der Waals surface area contributed by atoms with Crippen LogP contribution in [0.3, 0.4) is 0 Å². The highest BCUT2D eigenvalue weighted by Gasteiger charge is 2.32. The van der Waals surface area contributed by atoms with Crippen LogP contribution >= 0.6 is 23.2 Å². The number of rotatable bonds is 6. The van der Waals surface area contributed by atoms with E-state index in [4.69, 9.17) is 27.9 Å². The van der Waals surface area contributed by atoms with Gasteiger partial charge in [-0.2, -0.15) is 8.78 Å². The van der Waals surface area contributed by atoms with E-state index >= 15 is 0 Å². The fourth-order valence-corrected chi connectivity index (χ4v) is 4.17. The summed E-state index contributed by atoms with van der Waals surface area (Å²) in [5.74, 6) is 0.422. The first-order valence-corrected chi connectivity index (χ1v) is 9.94. The van der Waals surface area contributed by atoms with Gasteiger partial charge in [-0.15, -0.1) is 0 Å². The van der Waals surface area contributed by atoms with Crippen molar-refractivity contribution < 1.29 is 18.3 Å². The summed E-state index contributed by atoms with van der Waals surface area (Å²) in [5, 5.41) is 6.64. The number of aliphatic imine (C=N–C) groups is 1. The van der Waals surface area contributed by atoms with Gasteiger partial charge in [-0.1, -0.05) is 23.2 Å². The van der Waals surface area contributed by atoms with Crippen molar-refractivity contribution in [3.8, 4) is 5.75 Å². The Labute approximate surface area is 173 Å². The lowest BCUT2D eigenvalue weighted by Crippen LogP contribution is -2.51. The van der Waals surface area contributed by atoms with Crippen LogP contribution in [0.1, 0.15) is 18.4 Å². The summed E-state index contributed by atoms with van der Waals surface area (Å²) in [6.45, 7) is 0.563. The first kappa shape index (κ1) is 21.4. The lowest BCUT2D eigenvalue weighted by Gasteiger charge is -2.35. The minimum absolute atomic E-state index is 0.0309. The Morgan fingerprint density at radius 2 is 2.21 bits per heavy atom. The predicted octanol–water partition coefficient (Wildman–Crippen LogP) is 3.12. The van der Waals surface area contributed by atoms with Crippen LogP contribution in [0.2, 0.25) is 10.0 Å². The molecule has 2 fully saturated rings. The molecule has 0 aromatic heterocycles. The van der Waals surface area contributed by atoms with E-state index in [-0.39, 0.29) is 23.4 Å². The lowest BCUT2D eigenvalue weighted by atomic mass is 10.2. The Hall–Kier alpha value is -1.35. The fourth-order valence-electron chi connectivity index (χ4n) is 3.59. The van der Waals surface area contributed by atoms with Crippen LogP contribution in [0.25, 0.3) is 0 Å². The molecular formula is C18H24Cl2F2N4O2. The topological polar surface area (TPSA) is 58.1 Å². The van der Waals surface area contributed by atoms with E-state index in [0.717, 1.165) is 19.7 Å². The van der Waals surface area contributed by atoms with Crippen LogP contribution in [-0.4, -0.2) is 62.9 Å². The van der Waals surface area contributed by atoms with Crippen molar-refractivity contribution in [2.75, 3.05) is 33.3 Å². The van der Waals surface area contributed by atoms with E-state index in [0.29, 0.717) is 29.1 Å². The van der Waals surface area contributed by atoms with Crippen LogP contribution in [0.4, 0.5) is 8.78 Å². The zero-order valence-corrected chi connectivity index (χ0v) is 17.1. The summed E-state index contributed by atoms with van der Waals surface area (Å²) in [5.41, 5.74) is 0.412. The van der Waals surface area contributed by atoms with E-state index in [2.05, 4.69) is 25.3 Å². The molecule has 1 aromatic carbocycles. The van der Waals surface area contributed by atoms with Crippen molar-refractivity contribution in [3.63, 3.8) is 0 Å². The number of nitrogens with zero attached hydrogens (tertiary/aromatic N) is 2. The van der Waals surface area contributed by atoms with Gasteiger partial charge < -0.3 is 20.1 Å². The maximum atomic E-state index is 12.7. The molecule has 10 heteroatoms. The van der Waals surface area contributed by atoms with E-state index in [1.807, 2.05) is 0 Å². The normalized spacial score (nSPS) is 23.0. The Morgan fingerprint density at radius 3 is 2.96 bits per heavy atom. The van der Waals surface area contributed by atoms with Crippen molar-refractivity contribution >= 4 is 29.2 Å². The van der Waals surface area contributed by atoms with Gasteiger partial charge in [0.1, 0.15) is 5.75 Å². The van der Waals surface area contributed by atoms with Crippen LogP contribution in [0.15, 0.2) is 17.1 Å². The third-order valence-corrected chi connectivity index (χ3v) is 5.42. The number of benzene rings is 1. The molecule has 2 aliphatic rings. The molecule has 2 aliphatic heterocycles. The summed E-state index contributed by atoms with van der Waals surface area (Å²) >= 11 is 12.0. The van der Waals surface area contributed by atoms with Crippen molar-refractivity contribution in [1.82, 2.24) is 15.5 Å². The molecule has 0 amide bonds. The van der Waals surface area contributed by atoms with Crippen molar-refractivity contribution in [2.45, 2.75) is 38.1 Å². The molecule has 2 saturated heterocycles. The highest BCUT2D eigenvalue weighted by molar-refractivity contribution is 6.35. The molecule has 2 atom stereocenters. The second-order valence-electron chi connectivity index (χ2n) is 6.81. The first-order valence-electron chi connectivity index (χ1n) is 9.19. The van der Waals surface area contributed by atoms with Gasteiger partial charge in [0, 0.05) is 43.3 Å². The van der Waals surface area contributed by atoms with Gasteiger partial charge in [0.05, 0.1) is 17.7 Å². The summed E-state index contributed by atoms with van der Waals surface area (Å²) in [6.07, 6.45) is 2.50. The smallest absolute Gasteiger partial charge is 0.387 e. The molecule has 2 heterocycles. The number of ether oxygens (including phenoxy) is 2. The average molecular weight is 437 g/mol. The molecule has 2 N–H and O–H groups in total. The molecular weight excluding hydrogens is 413 g/mol. The lowest BCUT2D eigenvalue weighted by molar-refractivity contribution is -0.0504. The second kappa shape index (κ2) is 9.91. The number of morpholine rings is 1. The minimum atomic E-state index is -2.98. The number of hydrogen-bond acceptors (Lipinski definition) is 4. The molecule has 0 aliphatic carbocycles. The second-order valence-corrected chi connectivity index (χ2v) is 7.65. The highest BCUT2D eigenvalue weighted by atomic mass is 35.5. The number of fused-ring (bicyclic) bond motifs is 1. The predicted molar refractivity (Wildman–Crippen MR) is 106 cm³/mol. The maximum Gasteiger partial charge on any atom is 0.387 e. The van der Waals surface area contributed by atoms with Gasteiger partial charge in [-0.05, 0) is 31.5 Å². The largest absolute Gasteiger partial charge is 0.433 e. The summed E-state index contributed by atoms with van der Waals surface area (Å²) in [4.78, 5) is 6.63. The molecule has 28 heavy (non-hydrogen) atoms. The standard InChI is InChI=1S/C18H24Cl2F2N4O2/c1-23-18(25-8-14-9-26-4-2-3-13(26)10-27-14)24-7-11-5-12(19)6-15(20)16(11)28-17(21)22/h5-6,13-14,17H,2-4,7-10H2,1H3,(H2,23,24,25). The van der Waals surface area contributed by atoms with Gasteiger partial charge in [0.2, 0.25) is 0 Å². The van der Waals surface area contributed by atoms with Gasteiger partial charge in [-0.25, -0.2) is 0 Å². The third-order valence-electron chi connectivity index (χ3n) is 4.92. The Bertz CT molecular complexity index is 708. The molecule has 156 valence electrons. The average Bonchev–Trinajstić information content (AvgIpc) is 3.12. The molecule has 0 radical (unpaired) electrons. The minimum Gasteiger partial charge on any atom is -0.433 e. The van der Waals surface area contributed by atoms with Gasteiger partial charge in [0.25, 0.3) is 0 Å². The molecule has 6 nitrogen and oxygen atoms in total. The van der Waals surface area contributed by atoms with Crippen LogP contribution in [0.5, 0.6) is 5.75 Å².